The Labute approximate surface area is 128 Å². The first kappa shape index (κ1) is 15.0. The van der Waals surface area contributed by atoms with Gasteiger partial charge in [0.2, 0.25) is 0 Å². The number of piperazine rings is 1. The van der Waals surface area contributed by atoms with Crippen molar-refractivity contribution in [1.82, 2.24) is 9.80 Å². The highest BCUT2D eigenvalue weighted by Gasteiger charge is 2.24. The number of halogens is 1. The van der Waals surface area contributed by atoms with Crippen LogP contribution in [0.15, 0.2) is 24.3 Å². The predicted molar refractivity (Wildman–Crippen MR) is 84.9 cm³/mol. The topological polar surface area (TPSA) is 35.9 Å². The number of alkyl halides is 1. The van der Waals surface area contributed by atoms with Gasteiger partial charge in [-0.3, -0.25) is 9.80 Å². The highest BCUT2D eigenvalue weighted by Crippen LogP contribution is 2.34. The lowest BCUT2D eigenvalue weighted by molar-refractivity contribution is 0.109. The van der Waals surface area contributed by atoms with Crippen molar-refractivity contribution in [2.75, 3.05) is 46.4 Å². The van der Waals surface area contributed by atoms with Crippen molar-refractivity contribution in [3.63, 3.8) is 0 Å². The molecule has 1 heterocycles. The Morgan fingerprint density at radius 1 is 1.26 bits per heavy atom. The number of nitrogens with zero attached hydrogens (tertiary/aromatic N) is 2. The normalized spacial score (nSPS) is 19.3. The molecule has 1 fully saturated rings. The van der Waals surface area contributed by atoms with Crippen molar-refractivity contribution < 1.29 is 9.84 Å². The maximum atomic E-state index is 8.97. The van der Waals surface area contributed by atoms with Crippen LogP contribution in [0.4, 0.5) is 0 Å². The van der Waals surface area contributed by atoms with E-state index in [-0.39, 0.29) is 6.61 Å². The van der Waals surface area contributed by atoms with Gasteiger partial charge in [-0.1, -0.05) is 40.8 Å². The molecule has 0 aliphatic carbocycles. The van der Waals surface area contributed by atoms with Crippen molar-refractivity contribution in [2.45, 2.75) is 4.05 Å². The van der Waals surface area contributed by atoms with E-state index in [0.29, 0.717) is 4.05 Å². The quantitative estimate of drug-likeness (QED) is 0.483. The molecule has 4 nitrogen and oxygen atoms in total. The third-order valence-corrected chi connectivity index (χ3v) is 5.00. The summed E-state index contributed by atoms with van der Waals surface area (Å²) in [7, 11) is 1.72. The molecular formula is C14H21IN2O2. The van der Waals surface area contributed by atoms with Gasteiger partial charge in [0.1, 0.15) is 5.75 Å². The van der Waals surface area contributed by atoms with Crippen LogP contribution in [0.25, 0.3) is 0 Å². The molecule has 1 N–H and O–H groups in total. The molecule has 1 saturated heterocycles. The fourth-order valence-electron chi connectivity index (χ4n) is 2.41. The summed E-state index contributed by atoms with van der Waals surface area (Å²) < 4.78 is 5.78. The number of rotatable bonds is 5. The number of β-amino-alcohol motifs (C(OH)–C–C–N with tert-alkyl or cyclic N) is 1. The van der Waals surface area contributed by atoms with Crippen molar-refractivity contribution >= 4 is 22.6 Å². The molecule has 1 aliphatic heterocycles. The van der Waals surface area contributed by atoms with E-state index in [0.717, 1.165) is 38.5 Å². The van der Waals surface area contributed by atoms with E-state index in [1.165, 1.54) is 5.56 Å². The molecule has 19 heavy (non-hydrogen) atoms. The summed E-state index contributed by atoms with van der Waals surface area (Å²) in [6.07, 6.45) is 0. The third kappa shape index (κ3) is 3.81. The predicted octanol–water partition coefficient (Wildman–Crippen LogP) is 1.74. The van der Waals surface area contributed by atoms with Crippen LogP contribution in [-0.2, 0) is 0 Å². The van der Waals surface area contributed by atoms with E-state index in [9.17, 15) is 0 Å². The summed E-state index contributed by atoms with van der Waals surface area (Å²) >= 11 is 2.48. The van der Waals surface area contributed by atoms with E-state index in [2.05, 4.69) is 44.5 Å². The number of hydrogen-bond donors (Lipinski definition) is 1. The standard InChI is InChI=1S/C14H21IN2O2/c1-19-13-5-3-2-4-12(13)14(15)17-8-6-16(7-9-17)10-11-18/h2-5,14,18H,6-11H2,1H3. The smallest absolute Gasteiger partial charge is 0.124 e. The number of para-hydroxylation sites is 1. The molecule has 0 bridgehead atoms. The summed E-state index contributed by atoms with van der Waals surface area (Å²) in [4.78, 5) is 4.77. The van der Waals surface area contributed by atoms with Gasteiger partial charge < -0.3 is 9.84 Å². The molecule has 0 radical (unpaired) electrons. The zero-order valence-electron chi connectivity index (χ0n) is 11.3. The molecule has 2 rings (SSSR count). The average molecular weight is 376 g/mol. The lowest BCUT2D eigenvalue weighted by atomic mass is 10.1. The van der Waals surface area contributed by atoms with E-state index < -0.39 is 0 Å². The Bertz CT molecular complexity index is 395. The van der Waals surface area contributed by atoms with E-state index >= 15 is 0 Å². The Hall–Kier alpha value is -0.370. The van der Waals surface area contributed by atoms with Crippen LogP contribution in [0.5, 0.6) is 5.75 Å². The minimum atomic E-state index is 0.250. The van der Waals surface area contributed by atoms with Crippen LogP contribution < -0.4 is 4.74 Å². The SMILES string of the molecule is COc1ccccc1C(I)N1CCN(CCO)CC1. The number of aliphatic hydroxyl groups is 1. The maximum Gasteiger partial charge on any atom is 0.124 e. The molecule has 1 aromatic carbocycles. The van der Waals surface area contributed by atoms with Gasteiger partial charge in [-0.15, -0.1) is 0 Å². The van der Waals surface area contributed by atoms with Gasteiger partial charge in [0.15, 0.2) is 0 Å². The lowest BCUT2D eigenvalue weighted by Gasteiger charge is -2.37. The first-order chi connectivity index (χ1) is 9.26. The molecule has 1 aliphatic rings. The Morgan fingerprint density at radius 2 is 1.95 bits per heavy atom. The summed E-state index contributed by atoms with van der Waals surface area (Å²) in [5, 5.41) is 8.97. The second-order valence-corrected chi connectivity index (χ2v) is 5.86. The van der Waals surface area contributed by atoms with Crippen LogP contribution in [0.1, 0.15) is 9.61 Å². The first-order valence-corrected chi connectivity index (χ1v) is 7.85. The Balaban J connectivity index is 1.99. The maximum absolute atomic E-state index is 8.97. The molecule has 1 atom stereocenters. The number of methoxy groups -OCH3 is 1. The minimum absolute atomic E-state index is 0.250. The zero-order chi connectivity index (χ0) is 13.7. The van der Waals surface area contributed by atoms with Crippen LogP contribution >= 0.6 is 22.6 Å². The second kappa shape index (κ2) is 7.42. The van der Waals surface area contributed by atoms with Crippen LogP contribution in [0.3, 0.4) is 0 Å². The summed E-state index contributed by atoms with van der Waals surface area (Å²) in [5.41, 5.74) is 1.24. The number of aliphatic hydroxyl groups excluding tert-OH is 1. The van der Waals surface area contributed by atoms with Crippen molar-refractivity contribution in [3.8, 4) is 5.75 Å². The monoisotopic (exact) mass is 376 g/mol. The number of hydrogen-bond acceptors (Lipinski definition) is 4. The van der Waals surface area contributed by atoms with Gasteiger partial charge in [-0.2, -0.15) is 0 Å². The van der Waals surface area contributed by atoms with E-state index in [4.69, 9.17) is 9.84 Å². The molecule has 0 spiro atoms. The van der Waals surface area contributed by atoms with E-state index in [1.54, 1.807) is 7.11 Å². The Morgan fingerprint density at radius 3 is 2.58 bits per heavy atom. The van der Waals surface area contributed by atoms with E-state index in [1.807, 2.05) is 12.1 Å². The minimum Gasteiger partial charge on any atom is -0.496 e. The molecule has 1 unspecified atom stereocenters. The van der Waals surface area contributed by atoms with Gasteiger partial charge in [0, 0.05) is 38.3 Å². The Kier molecular flexibility index (Phi) is 5.87. The molecule has 5 heteroatoms. The largest absolute Gasteiger partial charge is 0.496 e. The third-order valence-electron chi connectivity index (χ3n) is 3.54. The van der Waals surface area contributed by atoms with Crippen LogP contribution in [-0.4, -0.2) is 61.3 Å². The first-order valence-electron chi connectivity index (χ1n) is 6.60. The molecule has 106 valence electrons. The van der Waals surface area contributed by atoms with Gasteiger partial charge in [0.05, 0.1) is 17.8 Å². The van der Waals surface area contributed by atoms with Crippen molar-refractivity contribution in [1.29, 1.82) is 0 Å². The highest BCUT2D eigenvalue weighted by atomic mass is 127. The van der Waals surface area contributed by atoms with Crippen LogP contribution in [0, 0.1) is 0 Å². The van der Waals surface area contributed by atoms with Crippen molar-refractivity contribution in [2.24, 2.45) is 0 Å². The zero-order valence-corrected chi connectivity index (χ0v) is 13.4. The van der Waals surface area contributed by atoms with Crippen molar-refractivity contribution in [3.05, 3.63) is 29.8 Å². The molecule has 1 aromatic rings. The van der Waals surface area contributed by atoms with Gasteiger partial charge >= 0.3 is 0 Å². The second-order valence-electron chi connectivity index (χ2n) is 4.68. The summed E-state index contributed by atoms with van der Waals surface area (Å²) in [5.74, 6) is 0.958. The highest BCUT2D eigenvalue weighted by molar-refractivity contribution is 14.1. The molecular weight excluding hydrogens is 355 g/mol. The average Bonchev–Trinajstić information content (AvgIpc) is 2.47. The lowest BCUT2D eigenvalue weighted by Crippen LogP contribution is -2.47. The van der Waals surface area contributed by atoms with Gasteiger partial charge in [-0.05, 0) is 6.07 Å². The molecule has 0 saturated carbocycles. The summed E-state index contributed by atoms with van der Waals surface area (Å²) in [6, 6.07) is 8.22. The fourth-order valence-corrected chi connectivity index (χ4v) is 3.49. The molecule has 0 aromatic heterocycles. The van der Waals surface area contributed by atoms with Gasteiger partial charge in [-0.25, -0.2) is 0 Å². The summed E-state index contributed by atoms with van der Waals surface area (Å²) in [6.45, 7) is 5.15. The fraction of sp³-hybridized carbons (Fsp3) is 0.571. The van der Waals surface area contributed by atoms with Gasteiger partial charge in [0.25, 0.3) is 0 Å². The molecule has 0 amide bonds. The number of benzene rings is 1. The van der Waals surface area contributed by atoms with Crippen LogP contribution in [0.2, 0.25) is 0 Å². The number of ether oxygens (including phenoxy) is 1.